The van der Waals surface area contributed by atoms with Crippen LogP contribution in [0.15, 0.2) is 0 Å². The molecule has 1 rings (SSSR count). The second-order valence-corrected chi connectivity index (χ2v) is 6.42. The van der Waals surface area contributed by atoms with Crippen LogP contribution in [0.25, 0.3) is 0 Å². The highest BCUT2D eigenvalue weighted by Gasteiger charge is 2.26. The summed E-state index contributed by atoms with van der Waals surface area (Å²) in [5.74, 6) is -0.507. The van der Waals surface area contributed by atoms with Crippen molar-refractivity contribution in [1.82, 2.24) is 10.2 Å². The fraction of sp³-hybridized carbons (Fsp3) is 0.900. The van der Waals surface area contributed by atoms with Gasteiger partial charge in [-0.2, -0.15) is 0 Å². The Balaban J connectivity index is 2.57. The van der Waals surface area contributed by atoms with Crippen LogP contribution < -0.4 is 5.32 Å². The predicted octanol–water partition coefficient (Wildman–Crippen LogP) is -0.368. The van der Waals surface area contributed by atoms with E-state index in [9.17, 15) is 13.2 Å². The lowest BCUT2D eigenvalue weighted by molar-refractivity contribution is -0.131. The molecule has 0 aliphatic carbocycles. The van der Waals surface area contributed by atoms with E-state index in [-0.39, 0.29) is 23.5 Å². The van der Waals surface area contributed by atoms with Crippen molar-refractivity contribution < 1.29 is 13.2 Å². The number of carbonyl (C=O) groups excluding carboxylic acids is 1. The highest BCUT2D eigenvalue weighted by atomic mass is 32.2. The van der Waals surface area contributed by atoms with Gasteiger partial charge in [0.15, 0.2) is 9.84 Å². The Morgan fingerprint density at radius 1 is 1.50 bits per heavy atom. The van der Waals surface area contributed by atoms with E-state index in [2.05, 4.69) is 5.32 Å². The molecule has 6 heteroatoms. The highest BCUT2D eigenvalue weighted by Crippen LogP contribution is 2.05. The lowest BCUT2D eigenvalue weighted by atomic mass is 10.2. The lowest BCUT2D eigenvalue weighted by Crippen LogP contribution is -2.53. The molecule has 1 heterocycles. The quantitative estimate of drug-likeness (QED) is 0.737. The summed E-state index contributed by atoms with van der Waals surface area (Å²) in [6.45, 7) is 5.80. The Morgan fingerprint density at radius 3 is 2.75 bits per heavy atom. The zero-order chi connectivity index (χ0) is 12.2. The third-order valence-electron chi connectivity index (χ3n) is 2.68. The SMILES string of the molecule is CCCS(=O)(=O)CC(=O)N1CCNC[C@H]1C. The molecular formula is C10H20N2O3S. The maximum atomic E-state index is 11.8. The van der Waals surface area contributed by atoms with Crippen LogP contribution in [0.2, 0.25) is 0 Å². The van der Waals surface area contributed by atoms with Gasteiger partial charge in [0.1, 0.15) is 5.75 Å². The molecule has 1 saturated heterocycles. The van der Waals surface area contributed by atoms with Gasteiger partial charge in [0, 0.05) is 25.7 Å². The number of piperazine rings is 1. The minimum atomic E-state index is -3.22. The van der Waals surface area contributed by atoms with Gasteiger partial charge >= 0.3 is 0 Å². The predicted molar refractivity (Wildman–Crippen MR) is 63.0 cm³/mol. The van der Waals surface area contributed by atoms with Crippen LogP contribution in [-0.2, 0) is 14.6 Å². The summed E-state index contributed by atoms with van der Waals surface area (Å²) in [5.41, 5.74) is 0. The van der Waals surface area contributed by atoms with Crippen LogP contribution in [0, 0.1) is 0 Å². The average molecular weight is 248 g/mol. The van der Waals surface area contributed by atoms with E-state index in [4.69, 9.17) is 0 Å². The van der Waals surface area contributed by atoms with E-state index in [1.54, 1.807) is 11.8 Å². The van der Waals surface area contributed by atoms with Crippen LogP contribution in [0.4, 0.5) is 0 Å². The number of nitrogens with zero attached hydrogens (tertiary/aromatic N) is 1. The number of hydrogen-bond donors (Lipinski definition) is 1. The van der Waals surface area contributed by atoms with Crippen molar-refractivity contribution in [2.45, 2.75) is 26.3 Å². The molecule has 1 N–H and O–H groups in total. The fourth-order valence-electron chi connectivity index (χ4n) is 1.87. The minimum absolute atomic E-state index is 0.0816. The molecule has 5 nitrogen and oxygen atoms in total. The smallest absolute Gasteiger partial charge is 0.238 e. The molecular weight excluding hydrogens is 228 g/mol. The van der Waals surface area contributed by atoms with Gasteiger partial charge in [0.2, 0.25) is 5.91 Å². The van der Waals surface area contributed by atoms with E-state index >= 15 is 0 Å². The third-order valence-corrected chi connectivity index (χ3v) is 4.40. The van der Waals surface area contributed by atoms with Gasteiger partial charge in [0.05, 0.1) is 5.75 Å². The Bertz CT molecular complexity index is 340. The van der Waals surface area contributed by atoms with Crippen molar-refractivity contribution in [3.05, 3.63) is 0 Å². The second kappa shape index (κ2) is 5.63. The standard InChI is InChI=1S/C10H20N2O3S/c1-3-6-16(14,15)8-10(13)12-5-4-11-7-9(12)2/h9,11H,3-8H2,1-2H3/t9-/m1/s1. The average Bonchev–Trinajstić information content (AvgIpc) is 2.17. The van der Waals surface area contributed by atoms with Crippen LogP contribution in [0.1, 0.15) is 20.3 Å². The summed E-state index contributed by atoms with van der Waals surface area (Å²) in [4.78, 5) is 13.5. The molecule has 1 aliphatic rings. The van der Waals surface area contributed by atoms with E-state index in [0.29, 0.717) is 13.0 Å². The van der Waals surface area contributed by atoms with Gasteiger partial charge in [-0.25, -0.2) is 8.42 Å². The van der Waals surface area contributed by atoms with Crippen LogP contribution >= 0.6 is 0 Å². The van der Waals surface area contributed by atoms with Gasteiger partial charge in [-0.1, -0.05) is 6.92 Å². The maximum Gasteiger partial charge on any atom is 0.238 e. The largest absolute Gasteiger partial charge is 0.337 e. The second-order valence-electron chi connectivity index (χ2n) is 4.23. The molecule has 0 unspecified atom stereocenters. The molecule has 0 spiro atoms. The van der Waals surface area contributed by atoms with Crippen molar-refractivity contribution >= 4 is 15.7 Å². The Kier molecular flexibility index (Phi) is 4.73. The van der Waals surface area contributed by atoms with Crippen molar-refractivity contribution in [3.63, 3.8) is 0 Å². The lowest BCUT2D eigenvalue weighted by Gasteiger charge is -2.33. The summed E-state index contributed by atoms with van der Waals surface area (Å²) in [7, 11) is -3.22. The van der Waals surface area contributed by atoms with Crippen molar-refractivity contribution in [3.8, 4) is 0 Å². The number of nitrogens with one attached hydrogen (secondary N) is 1. The van der Waals surface area contributed by atoms with Crippen LogP contribution in [-0.4, -0.2) is 56.4 Å². The van der Waals surface area contributed by atoms with Gasteiger partial charge in [-0.3, -0.25) is 4.79 Å². The zero-order valence-electron chi connectivity index (χ0n) is 9.90. The molecule has 16 heavy (non-hydrogen) atoms. The molecule has 94 valence electrons. The molecule has 0 bridgehead atoms. The van der Waals surface area contributed by atoms with Gasteiger partial charge in [-0.15, -0.1) is 0 Å². The summed E-state index contributed by atoms with van der Waals surface area (Å²) in [6, 6.07) is 0.0816. The van der Waals surface area contributed by atoms with E-state index in [1.807, 2.05) is 6.92 Å². The van der Waals surface area contributed by atoms with E-state index in [0.717, 1.165) is 13.1 Å². The fourth-order valence-corrected chi connectivity index (χ4v) is 3.17. The summed E-state index contributed by atoms with van der Waals surface area (Å²) in [5, 5.41) is 3.16. The molecule has 1 amide bonds. The summed E-state index contributed by atoms with van der Waals surface area (Å²) < 4.78 is 23.1. The first kappa shape index (κ1) is 13.4. The topological polar surface area (TPSA) is 66.5 Å². The summed E-state index contributed by atoms with van der Waals surface area (Å²) >= 11 is 0. The molecule has 0 radical (unpaired) electrons. The number of hydrogen-bond acceptors (Lipinski definition) is 4. The molecule has 1 aliphatic heterocycles. The van der Waals surface area contributed by atoms with E-state index in [1.165, 1.54) is 0 Å². The first-order valence-electron chi connectivity index (χ1n) is 5.67. The maximum absolute atomic E-state index is 11.8. The van der Waals surface area contributed by atoms with E-state index < -0.39 is 9.84 Å². The number of sulfone groups is 1. The van der Waals surface area contributed by atoms with Crippen LogP contribution in [0.5, 0.6) is 0 Å². The molecule has 0 aromatic carbocycles. The Morgan fingerprint density at radius 2 is 2.19 bits per heavy atom. The van der Waals surface area contributed by atoms with Gasteiger partial charge in [-0.05, 0) is 13.3 Å². The van der Waals surface area contributed by atoms with Crippen molar-refractivity contribution in [2.24, 2.45) is 0 Å². The number of amides is 1. The molecule has 1 fully saturated rings. The Labute approximate surface area is 97.1 Å². The zero-order valence-corrected chi connectivity index (χ0v) is 10.7. The highest BCUT2D eigenvalue weighted by molar-refractivity contribution is 7.92. The van der Waals surface area contributed by atoms with Crippen molar-refractivity contribution in [1.29, 1.82) is 0 Å². The van der Waals surface area contributed by atoms with Crippen molar-refractivity contribution in [2.75, 3.05) is 31.1 Å². The molecule has 0 saturated carbocycles. The third kappa shape index (κ3) is 3.75. The summed E-state index contributed by atoms with van der Waals surface area (Å²) in [6.07, 6.45) is 0.562. The number of carbonyl (C=O) groups is 1. The molecule has 1 atom stereocenters. The Hall–Kier alpha value is -0.620. The van der Waals surface area contributed by atoms with Gasteiger partial charge < -0.3 is 10.2 Å². The molecule has 0 aromatic rings. The minimum Gasteiger partial charge on any atom is -0.337 e. The number of rotatable bonds is 4. The van der Waals surface area contributed by atoms with Gasteiger partial charge in [0.25, 0.3) is 0 Å². The monoisotopic (exact) mass is 248 g/mol. The first-order chi connectivity index (χ1) is 7.46. The first-order valence-corrected chi connectivity index (χ1v) is 7.49. The molecule has 0 aromatic heterocycles. The van der Waals surface area contributed by atoms with Crippen LogP contribution in [0.3, 0.4) is 0 Å². The normalized spacial score (nSPS) is 22.1.